The molecule has 5 nitrogen and oxygen atoms in total. The number of amides is 1. The van der Waals surface area contributed by atoms with Crippen molar-refractivity contribution in [3.63, 3.8) is 0 Å². The predicted octanol–water partition coefficient (Wildman–Crippen LogP) is 1.59. The number of hydrogen-bond acceptors (Lipinski definition) is 3. The molecule has 0 bridgehead atoms. The zero-order chi connectivity index (χ0) is 14.9. The quantitative estimate of drug-likeness (QED) is 0.900. The third-order valence-electron chi connectivity index (χ3n) is 4.04. The van der Waals surface area contributed by atoms with Crippen LogP contribution in [0.1, 0.15) is 37.0 Å². The Bertz CT molecular complexity index is 613. The molecule has 2 N–H and O–H groups in total. The lowest BCUT2D eigenvalue weighted by molar-refractivity contribution is 0.0551. The first-order valence-electron chi connectivity index (χ1n) is 6.74. The molecule has 0 aliphatic carbocycles. The number of benzene rings is 1. The average molecular weight is 296 g/mol. The number of sulfonamides is 1. The van der Waals surface area contributed by atoms with Gasteiger partial charge >= 0.3 is 0 Å². The first-order chi connectivity index (χ1) is 9.30. The Balaban J connectivity index is 2.30. The predicted molar refractivity (Wildman–Crippen MR) is 76.7 cm³/mol. The minimum atomic E-state index is -3.78. The standard InChI is InChI=1S/C14H20N2O3S/c1-10-5-4-8-16(11(10)2)14(17)12-6-3-7-13(9-12)20(15,18)19/h3,6-7,9-11H,4-5,8H2,1-2H3,(H2,15,18,19). The molecule has 0 spiro atoms. The van der Waals surface area contributed by atoms with Crippen LogP contribution in [0.15, 0.2) is 29.2 Å². The van der Waals surface area contributed by atoms with Gasteiger partial charge in [0.05, 0.1) is 4.90 Å². The molecule has 2 rings (SSSR count). The van der Waals surface area contributed by atoms with E-state index in [-0.39, 0.29) is 16.8 Å². The van der Waals surface area contributed by atoms with Gasteiger partial charge in [0, 0.05) is 18.2 Å². The van der Waals surface area contributed by atoms with Crippen LogP contribution in [-0.2, 0) is 10.0 Å². The van der Waals surface area contributed by atoms with Crippen molar-refractivity contribution in [2.75, 3.05) is 6.54 Å². The highest BCUT2D eigenvalue weighted by Crippen LogP contribution is 2.25. The molecule has 2 atom stereocenters. The van der Waals surface area contributed by atoms with Gasteiger partial charge in [-0.15, -0.1) is 0 Å². The van der Waals surface area contributed by atoms with E-state index in [4.69, 9.17) is 5.14 Å². The molecule has 1 amide bonds. The largest absolute Gasteiger partial charge is 0.336 e. The number of nitrogens with two attached hydrogens (primary N) is 1. The van der Waals surface area contributed by atoms with Crippen LogP contribution in [0.3, 0.4) is 0 Å². The molecule has 110 valence electrons. The van der Waals surface area contributed by atoms with E-state index >= 15 is 0 Å². The molecular formula is C14H20N2O3S. The summed E-state index contributed by atoms with van der Waals surface area (Å²) >= 11 is 0. The van der Waals surface area contributed by atoms with E-state index in [9.17, 15) is 13.2 Å². The number of hydrogen-bond donors (Lipinski definition) is 1. The van der Waals surface area contributed by atoms with Crippen molar-refractivity contribution in [1.29, 1.82) is 0 Å². The molecule has 0 aromatic heterocycles. The van der Waals surface area contributed by atoms with Crippen molar-refractivity contribution in [2.24, 2.45) is 11.1 Å². The number of likely N-dealkylation sites (tertiary alicyclic amines) is 1. The maximum Gasteiger partial charge on any atom is 0.254 e. The summed E-state index contributed by atoms with van der Waals surface area (Å²) in [4.78, 5) is 14.3. The zero-order valence-corrected chi connectivity index (χ0v) is 12.6. The monoisotopic (exact) mass is 296 g/mol. The Labute approximate surface area is 119 Å². The van der Waals surface area contributed by atoms with Gasteiger partial charge in [-0.3, -0.25) is 4.79 Å². The Kier molecular flexibility index (Phi) is 4.15. The van der Waals surface area contributed by atoms with Crippen molar-refractivity contribution in [2.45, 2.75) is 37.6 Å². The van der Waals surface area contributed by atoms with E-state index in [0.717, 1.165) is 12.8 Å². The van der Waals surface area contributed by atoms with Crippen LogP contribution in [0.4, 0.5) is 0 Å². The summed E-state index contributed by atoms with van der Waals surface area (Å²) in [5.74, 6) is 0.323. The lowest BCUT2D eigenvalue weighted by atomic mass is 9.91. The maximum absolute atomic E-state index is 12.5. The molecule has 20 heavy (non-hydrogen) atoms. The third kappa shape index (κ3) is 3.02. The summed E-state index contributed by atoms with van der Waals surface area (Å²) < 4.78 is 22.7. The van der Waals surface area contributed by atoms with Crippen LogP contribution >= 0.6 is 0 Å². The minimum Gasteiger partial charge on any atom is -0.336 e. The van der Waals surface area contributed by atoms with Gasteiger partial charge in [-0.25, -0.2) is 13.6 Å². The van der Waals surface area contributed by atoms with Crippen LogP contribution in [0.5, 0.6) is 0 Å². The van der Waals surface area contributed by atoms with Crippen LogP contribution in [0, 0.1) is 5.92 Å². The van der Waals surface area contributed by atoms with Crippen LogP contribution in [-0.4, -0.2) is 31.8 Å². The number of carbonyl (C=O) groups excluding carboxylic acids is 1. The van der Waals surface area contributed by atoms with Gasteiger partial charge in [-0.2, -0.15) is 0 Å². The summed E-state index contributed by atoms with van der Waals surface area (Å²) in [6.45, 7) is 4.88. The molecule has 1 saturated heterocycles. The topological polar surface area (TPSA) is 80.5 Å². The van der Waals surface area contributed by atoms with Crippen molar-refractivity contribution in [1.82, 2.24) is 4.90 Å². The molecule has 1 heterocycles. The first kappa shape index (κ1) is 15.0. The van der Waals surface area contributed by atoms with Gasteiger partial charge in [0.1, 0.15) is 0 Å². The van der Waals surface area contributed by atoms with Crippen molar-refractivity contribution in [3.05, 3.63) is 29.8 Å². The van der Waals surface area contributed by atoms with Gasteiger partial charge in [-0.1, -0.05) is 13.0 Å². The Hall–Kier alpha value is -1.40. The van der Waals surface area contributed by atoms with Crippen molar-refractivity contribution >= 4 is 15.9 Å². The molecule has 6 heteroatoms. The van der Waals surface area contributed by atoms with Gasteiger partial charge in [-0.05, 0) is 43.9 Å². The maximum atomic E-state index is 12.5. The van der Waals surface area contributed by atoms with E-state index in [0.29, 0.717) is 18.0 Å². The fraction of sp³-hybridized carbons (Fsp3) is 0.500. The van der Waals surface area contributed by atoms with Crippen LogP contribution in [0.25, 0.3) is 0 Å². The average Bonchev–Trinajstić information content (AvgIpc) is 2.40. The number of primary sulfonamides is 1. The second kappa shape index (κ2) is 5.54. The fourth-order valence-electron chi connectivity index (χ4n) is 2.59. The highest BCUT2D eigenvalue weighted by molar-refractivity contribution is 7.89. The summed E-state index contributed by atoms with van der Waals surface area (Å²) in [6.07, 6.45) is 2.09. The molecule has 2 unspecified atom stereocenters. The minimum absolute atomic E-state index is 0.0268. The van der Waals surface area contributed by atoms with Crippen LogP contribution in [0.2, 0.25) is 0 Å². The highest BCUT2D eigenvalue weighted by Gasteiger charge is 2.29. The van der Waals surface area contributed by atoms with Crippen molar-refractivity contribution < 1.29 is 13.2 Å². The van der Waals surface area contributed by atoms with Gasteiger partial charge in [0.2, 0.25) is 10.0 Å². The normalized spacial score (nSPS) is 23.6. The molecule has 1 aliphatic rings. The lowest BCUT2D eigenvalue weighted by Crippen LogP contribution is -2.46. The van der Waals surface area contributed by atoms with Crippen molar-refractivity contribution in [3.8, 4) is 0 Å². The smallest absolute Gasteiger partial charge is 0.254 e. The SMILES string of the molecule is CC1CCCN(C(=O)c2cccc(S(N)(=O)=O)c2)C1C. The molecule has 1 aromatic rings. The first-order valence-corrected chi connectivity index (χ1v) is 8.29. The lowest BCUT2D eigenvalue weighted by Gasteiger charge is -2.38. The molecule has 0 radical (unpaired) electrons. The number of rotatable bonds is 2. The summed E-state index contributed by atoms with van der Waals surface area (Å²) in [6, 6.07) is 6.08. The second-order valence-electron chi connectivity index (χ2n) is 5.43. The third-order valence-corrected chi connectivity index (χ3v) is 4.95. The van der Waals surface area contributed by atoms with Gasteiger partial charge in [0.15, 0.2) is 0 Å². The molecule has 1 fully saturated rings. The summed E-state index contributed by atoms with van der Waals surface area (Å²) in [7, 11) is -3.78. The summed E-state index contributed by atoms with van der Waals surface area (Å²) in [5, 5.41) is 5.10. The zero-order valence-electron chi connectivity index (χ0n) is 11.7. The van der Waals surface area contributed by atoms with Gasteiger partial charge < -0.3 is 4.90 Å². The second-order valence-corrected chi connectivity index (χ2v) is 6.99. The van der Waals surface area contributed by atoms with Crippen LogP contribution < -0.4 is 5.14 Å². The molecular weight excluding hydrogens is 276 g/mol. The highest BCUT2D eigenvalue weighted by atomic mass is 32.2. The Morgan fingerprint density at radius 2 is 2.05 bits per heavy atom. The van der Waals surface area contributed by atoms with E-state index in [1.165, 1.54) is 12.1 Å². The van der Waals surface area contributed by atoms with E-state index in [1.807, 2.05) is 11.8 Å². The van der Waals surface area contributed by atoms with E-state index < -0.39 is 10.0 Å². The number of nitrogens with zero attached hydrogens (tertiary/aromatic N) is 1. The Morgan fingerprint density at radius 1 is 1.35 bits per heavy atom. The fourth-order valence-corrected chi connectivity index (χ4v) is 3.15. The molecule has 0 saturated carbocycles. The molecule has 1 aromatic carbocycles. The van der Waals surface area contributed by atoms with Gasteiger partial charge in [0.25, 0.3) is 5.91 Å². The van der Waals surface area contributed by atoms with E-state index in [2.05, 4.69) is 6.92 Å². The molecule has 1 aliphatic heterocycles. The number of carbonyl (C=O) groups is 1. The summed E-state index contributed by atoms with van der Waals surface area (Å²) in [5.41, 5.74) is 0.373. The number of piperidine rings is 1. The van der Waals surface area contributed by atoms with E-state index in [1.54, 1.807) is 12.1 Å². The Morgan fingerprint density at radius 3 is 2.70 bits per heavy atom.